The van der Waals surface area contributed by atoms with Crippen LogP contribution in [-0.4, -0.2) is 9.97 Å². The molecule has 0 spiro atoms. The number of para-hydroxylation sites is 1. The fourth-order valence-electron chi connectivity index (χ4n) is 1.27. The Balaban J connectivity index is 2.25. The third-order valence-corrected chi connectivity index (χ3v) is 2.04. The Kier molecular flexibility index (Phi) is 2.83. The lowest BCUT2D eigenvalue weighted by Gasteiger charge is -2.05. The summed E-state index contributed by atoms with van der Waals surface area (Å²) in [5.74, 6) is 0.707. The summed E-state index contributed by atoms with van der Waals surface area (Å²) in [4.78, 5) is 8.06. The lowest BCUT2D eigenvalue weighted by molar-refractivity contribution is 1.10. The molecule has 0 atom stereocenters. The largest absolute Gasteiger partial charge is 0.340 e. The number of rotatable bonds is 2. The molecule has 1 aromatic carbocycles. The monoisotopic (exact) mass is 219 g/mol. The Morgan fingerprint density at radius 1 is 1.13 bits per heavy atom. The summed E-state index contributed by atoms with van der Waals surface area (Å²) in [6.45, 7) is 1.88. The maximum absolute atomic E-state index is 5.75. The number of nitrogens with one attached hydrogen (secondary N) is 1. The van der Waals surface area contributed by atoms with E-state index in [4.69, 9.17) is 11.6 Å². The summed E-state index contributed by atoms with van der Waals surface area (Å²) in [6, 6.07) is 11.6. The van der Waals surface area contributed by atoms with Crippen molar-refractivity contribution in [1.29, 1.82) is 0 Å². The molecule has 4 heteroatoms. The summed E-state index contributed by atoms with van der Waals surface area (Å²) < 4.78 is 0. The van der Waals surface area contributed by atoms with Crippen molar-refractivity contribution in [2.45, 2.75) is 6.92 Å². The molecule has 0 aliphatic rings. The molecule has 0 aliphatic heterocycles. The number of halogens is 1. The van der Waals surface area contributed by atoms with Crippen LogP contribution in [-0.2, 0) is 0 Å². The molecule has 2 aromatic rings. The third kappa shape index (κ3) is 2.67. The molecule has 0 radical (unpaired) electrons. The second-order valence-electron chi connectivity index (χ2n) is 3.15. The highest BCUT2D eigenvalue weighted by Gasteiger charge is 1.99. The normalized spacial score (nSPS) is 10.0. The highest BCUT2D eigenvalue weighted by molar-refractivity contribution is 6.28. The molecule has 0 amide bonds. The molecular formula is C11H10ClN3. The first-order valence-electron chi connectivity index (χ1n) is 4.57. The molecule has 3 nitrogen and oxygen atoms in total. The van der Waals surface area contributed by atoms with Gasteiger partial charge in [0.25, 0.3) is 0 Å². The first-order valence-corrected chi connectivity index (χ1v) is 4.95. The lowest BCUT2D eigenvalue weighted by Crippen LogP contribution is -1.96. The fraction of sp³-hybridized carbons (Fsp3) is 0.0909. The van der Waals surface area contributed by atoms with E-state index in [9.17, 15) is 0 Å². The lowest BCUT2D eigenvalue weighted by atomic mass is 10.3. The van der Waals surface area contributed by atoms with Gasteiger partial charge in [-0.2, -0.15) is 0 Å². The zero-order chi connectivity index (χ0) is 10.7. The van der Waals surface area contributed by atoms with E-state index in [2.05, 4.69) is 15.3 Å². The van der Waals surface area contributed by atoms with Gasteiger partial charge in [-0.3, -0.25) is 0 Å². The highest BCUT2D eigenvalue weighted by atomic mass is 35.5. The van der Waals surface area contributed by atoms with Crippen molar-refractivity contribution < 1.29 is 0 Å². The van der Waals surface area contributed by atoms with Gasteiger partial charge in [0.1, 0.15) is 5.82 Å². The average Bonchev–Trinajstić information content (AvgIpc) is 2.17. The van der Waals surface area contributed by atoms with Crippen molar-refractivity contribution in [2.24, 2.45) is 0 Å². The molecule has 0 saturated heterocycles. The first-order chi connectivity index (χ1) is 7.24. The molecule has 0 bridgehead atoms. The van der Waals surface area contributed by atoms with Crippen LogP contribution in [0, 0.1) is 6.92 Å². The van der Waals surface area contributed by atoms with Crippen LogP contribution < -0.4 is 5.32 Å². The van der Waals surface area contributed by atoms with Crippen LogP contribution in [0.5, 0.6) is 0 Å². The molecule has 1 N–H and O–H groups in total. The van der Waals surface area contributed by atoms with Crippen molar-refractivity contribution in [3.63, 3.8) is 0 Å². The molecule has 15 heavy (non-hydrogen) atoms. The molecule has 0 saturated carbocycles. The number of benzene rings is 1. The number of hydrogen-bond acceptors (Lipinski definition) is 3. The van der Waals surface area contributed by atoms with E-state index < -0.39 is 0 Å². The molecule has 1 heterocycles. The van der Waals surface area contributed by atoms with Gasteiger partial charge >= 0.3 is 0 Å². The Morgan fingerprint density at radius 3 is 2.53 bits per heavy atom. The Morgan fingerprint density at radius 2 is 1.87 bits per heavy atom. The molecule has 2 rings (SSSR count). The molecule has 0 aliphatic carbocycles. The van der Waals surface area contributed by atoms with Crippen LogP contribution in [0.2, 0.25) is 5.28 Å². The summed E-state index contributed by atoms with van der Waals surface area (Å²) in [5.41, 5.74) is 1.82. The van der Waals surface area contributed by atoms with Crippen LogP contribution in [0.15, 0.2) is 36.4 Å². The minimum Gasteiger partial charge on any atom is -0.340 e. The third-order valence-electron chi connectivity index (χ3n) is 1.87. The van der Waals surface area contributed by atoms with Crippen molar-refractivity contribution in [2.75, 3.05) is 5.32 Å². The van der Waals surface area contributed by atoms with E-state index in [0.29, 0.717) is 5.82 Å². The van der Waals surface area contributed by atoms with Gasteiger partial charge in [0.15, 0.2) is 0 Å². The summed E-state index contributed by atoms with van der Waals surface area (Å²) in [6.07, 6.45) is 0. The molecular weight excluding hydrogens is 210 g/mol. The zero-order valence-corrected chi connectivity index (χ0v) is 8.99. The minimum atomic E-state index is 0.258. The first kappa shape index (κ1) is 9.93. The number of anilines is 2. The van der Waals surface area contributed by atoms with Crippen molar-refractivity contribution in [3.8, 4) is 0 Å². The highest BCUT2D eigenvalue weighted by Crippen LogP contribution is 2.15. The van der Waals surface area contributed by atoms with Crippen molar-refractivity contribution >= 4 is 23.1 Å². The van der Waals surface area contributed by atoms with Gasteiger partial charge in [0.05, 0.1) is 0 Å². The van der Waals surface area contributed by atoms with Crippen molar-refractivity contribution in [3.05, 3.63) is 47.4 Å². The van der Waals surface area contributed by atoms with Crippen molar-refractivity contribution in [1.82, 2.24) is 9.97 Å². The van der Waals surface area contributed by atoms with E-state index in [1.165, 1.54) is 0 Å². The average molecular weight is 220 g/mol. The maximum atomic E-state index is 5.75. The van der Waals surface area contributed by atoms with E-state index >= 15 is 0 Å². The summed E-state index contributed by atoms with van der Waals surface area (Å²) in [7, 11) is 0. The number of aryl methyl sites for hydroxylation is 1. The van der Waals surface area contributed by atoms with Gasteiger partial charge in [0, 0.05) is 17.4 Å². The minimum absolute atomic E-state index is 0.258. The predicted octanol–water partition coefficient (Wildman–Crippen LogP) is 3.18. The Hall–Kier alpha value is -1.61. The standard InChI is InChI=1S/C11H10ClN3/c1-8-7-10(15-11(12)13-8)14-9-5-3-2-4-6-9/h2-7H,1H3,(H,13,14,15). The van der Waals surface area contributed by atoms with Crippen LogP contribution >= 0.6 is 11.6 Å². The Labute approximate surface area is 93.1 Å². The van der Waals surface area contributed by atoms with Gasteiger partial charge in [-0.15, -0.1) is 0 Å². The van der Waals surface area contributed by atoms with Gasteiger partial charge < -0.3 is 5.32 Å². The quantitative estimate of drug-likeness (QED) is 0.789. The van der Waals surface area contributed by atoms with E-state index in [-0.39, 0.29) is 5.28 Å². The van der Waals surface area contributed by atoms with Gasteiger partial charge in [0.2, 0.25) is 5.28 Å². The predicted molar refractivity (Wildman–Crippen MR) is 61.5 cm³/mol. The molecule has 76 valence electrons. The van der Waals surface area contributed by atoms with Gasteiger partial charge in [-0.25, -0.2) is 9.97 Å². The second-order valence-corrected chi connectivity index (χ2v) is 3.49. The van der Waals surface area contributed by atoms with Crippen LogP contribution in [0.4, 0.5) is 11.5 Å². The summed E-state index contributed by atoms with van der Waals surface area (Å²) in [5, 5.41) is 3.41. The zero-order valence-electron chi connectivity index (χ0n) is 8.24. The molecule has 0 fully saturated rings. The number of nitrogens with zero attached hydrogens (tertiary/aromatic N) is 2. The van der Waals surface area contributed by atoms with Gasteiger partial charge in [-0.05, 0) is 30.7 Å². The van der Waals surface area contributed by atoms with Crippen LogP contribution in [0.25, 0.3) is 0 Å². The van der Waals surface area contributed by atoms with E-state index in [1.807, 2.05) is 43.3 Å². The van der Waals surface area contributed by atoms with Crippen LogP contribution in [0.3, 0.4) is 0 Å². The molecule has 1 aromatic heterocycles. The fourth-order valence-corrected chi connectivity index (χ4v) is 1.49. The van der Waals surface area contributed by atoms with E-state index in [1.54, 1.807) is 0 Å². The topological polar surface area (TPSA) is 37.8 Å². The van der Waals surface area contributed by atoms with E-state index in [0.717, 1.165) is 11.4 Å². The molecule has 0 unspecified atom stereocenters. The second kappa shape index (κ2) is 4.28. The van der Waals surface area contributed by atoms with Crippen LogP contribution in [0.1, 0.15) is 5.69 Å². The summed E-state index contributed by atoms with van der Waals surface area (Å²) >= 11 is 5.75. The number of aromatic nitrogens is 2. The Bertz CT molecular complexity index is 436. The smallest absolute Gasteiger partial charge is 0.224 e. The SMILES string of the molecule is Cc1cc(Nc2ccccc2)nc(Cl)n1. The van der Waals surface area contributed by atoms with Gasteiger partial charge in [-0.1, -0.05) is 18.2 Å². The number of hydrogen-bond donors (Lipinski definition) is 1. The maximum Gasteiger partial charge on any atom is 0.224 e.